The molecule has 0 saturated heterocycles. The predicted octanol–water partition coefficient (Wildman–Crippen LogP) is 5.75. The third kappa shape index (κ3) is 2.98. The van der Waals surface area contributed by atoms with Crippen LogP contribution in [0.25, 0.3) is 21.9 Å². The van der Waals surface area contributed by atoms with Crippen LogP contribution in [-0.2, 0) is 0 Å². The zero-order chi connectivity index (χ0) is 17.9. The molecule has 0 spiro atoms. The Kier molecular flexibility index (Phi) is 4.24. The van der Waals surface area contributed by atoms with Gasteiger partial charge in [-0.05, 0) is 34.0 Å². The van der Waals surface area contributed by atoms with E-state index in [1.54, 1.807) is 7.11 Å². The maximum absolute atomic E-state index is 13.1. The lowest BCUT2D eigenvalue weighted by Gasteiger charge is -2.10. The number of benzene rings is 4. The highest BCUT2D eigenvalue weighted by atomic mass is 16.5. The van der Waals surface area contributed by atoms with E-state index < -0.39 is 0 Å². The Balaban J connectivity index is 1.75. The monoisotopic (exact) mass is 338 g/mol. The number of carbonyl (C=O) groups excluding carboxylic acids is 1. The summed E-state index contributed by atoms with van der Waals surface area (Å²) in [7, 11) is 1.62. The molecule has 2 nitrogen and oxygen atoms in total. The summed E-state index contributed by atoms with van der Waals surface area (Å²) in [6.45, 7) is 0. The summed E-state index contributed by atoms with van der Waals surface area (Å²) >= 11 is 0. The lowest BCUT2D eigenvalue weighted by Crippen LogP contribution is -2.03. The Bertz CT molecular complexity index is 1060. The number of fused-ring (bicyclic) bond motifs is 1. The van der Waals surface area contributed by atoms with Crippen molar-refractivity contribution in [2.45, 2.75) is 0 Å². The first-order valence-corrected chi connectivity index (χ1v) is 8.53. The molecule has 0 radical (unpaired) electrons. The van der Waals surface area contributed by atoms with E-state index in [0.717, 1.165) is 21.9 Å². The van der Waals surface area contributed by atoms with Crippen molar-refractivity contribution in [2.24, 2.45) is 0 Å². The van der Waals surface area contributed by atoms with Crippen molar-refractivity contribution in [1.82, 2.24) is 0 Å². The van der Waals surface area contributed by atoms with E-state index >= 15 is 0 Å². The van der Waals surface area contributed by atoms with Crippen LogP contribution in [0.2, 0.25) is 0 Å². The van der Waals surface area contributed by atoms with Crippen LogP contribution in [0, 0.1) is 0 Å². The molecule has 0 aliphatic carbocycles. The van der Waals surface area contributed by atoms with E-state index in [2.05, 4.69) is 12.1 Å². The van der Waals surface area contributed by atoms with Gasteiger partial charge in [-0.1, -0.05) is 78.9 Å². The molecule has 0 saturated carbocycles. The molecule has 0 amide bonds. The summed E-state index contributed by atoms with van der Waals surface area (Å²) in [6.07, 6.45) is 0. The Morgan fingerprint density at radius 2 is 1.38 bits per heavy atom. The topological polar surface area (TPSA) is 26.3 Å². The van der Waals surface area contributed by atoms with Gasteiger partial charge in [0, 0.05) is 11.1 Å². The van der Waals surface area contributed by atoms with Crippen molar-refractivity contribution in [3.63, 3.8) is 0 Å². The SMILES string of the molecule is COc1cc(C(=O)c2ccc(-c3ccccc3)cc2)c2ccccc2c1. The van der Waals surface area contributed by atoms with Crippen LogP contribution in [-0.4, -0.2) is 12.9 Å². The highest BCUT2D eigenvalue weighted by Gasteiger charge is 2.14. The van der Waals surface area contributed by atoms with Gasteiger partial charge in [0.05, 0.1) is 7.11 Å². The fraction of sp³-hybridized carbons (Fsp3) is 0.0417. The second kappa shape index (κ2) is 6.85. The third-order valence-electron chi connectivity index (χ3n) is 4.57. The van der Waals surface area contributed by atoms with Crippen LogP contribution >= 0.6 is 0 Å². The highest BCUT2D eigenvalue weighted by Crippen LogP contribution is 2.28. The molecule has 0 aliphatic rings. The zero-order valence-corrected chi connectivity index (χ0v) is 14.5. The van der Waals surface area contributed by atoms with Gasteiger partial charge in [0.15, 0.2) is 5.78 Å². The molecule has 0 fully saturated rings. The molecule has 0 aromatic heterocycles. The van der Waals surface area contributed by atoms with Gasteiger partial charge in [0.1, 0.15) is 5.75 Å². The Hall–Kier alpha value is -3.39. The van der Waals surface area contributed by atoms with Crippen molar-refractivity contribution in [2.75, 3.05) is 7.11 Å². The minimum atomic E-state index is -0.000267. The number of ether oxygens (including phenoxy) is 1. The van der Waals surface area contributed by atoms with Crippen molar-refractivity contribution in [1.29, 1.82) is 0 Å². The van der Waals surface area contributed by atoms with Gasteiger partial charge >= 0.3 is 0 Å². The molecule has 4 aromatic carbocycles. The normalized spacial score (nSPS) is 10.7. The van der Waals surface area contributed by atoms with Crippen molar-refractivity contribution < 1.29 is 9.53 Å². The fourth-order valence-corrected chi connectivity index (χ4v) is 3.19. The lowest BCUT2D eigenvalue weighted by molar-refractivity contribution is 0.104. The largest absolute Gasteiger partial charge is 0.497 e. The second-order valence-corrected chi connectivity index (χ2v) is 6.17. The molecule has 4 rings (SSSR count). The Labute approximate surface area is 152 Å². The smallest absolute Gasteiger partial charge is 0.193 e. The molecule has 126 valence electrons. The first kappa shape index (κ1) is 16.1. The number of hydrogen-bond donors (Lipinski definition) is 0. The number of ketones is 1. The van der Waals surface area contributed by atoms with Gasteiger partial charge in [0.25, 0.3) is 0 Å². The highest BCUT2D eigenvalue weighted by molar-refractivity contribution is 6.16. The zero-order valence-electron chi connectivity index (χ0n) is 14.5. The van der Waals surface area contributed by atoms with Crippen LogP contribution in [0.5, 0.6) is 5.75 Å². The quantitative estimate of drug-likeness (QED) is 0.443. The minimum absolute atomic E-state index is 0.000267. The van der Waals surface area contributed by atoms with Crippen LogP contribution in [0.1, 0.15) is 15.9 Å². The van der Waals surface area contributed by atoms with E-state index in [1.807, 2.05) is 78.9 Å². The summed E-state index contributed by atoms with van der Waals surface area (Å²) in [5, 5.41) is 1.93. The number of carbonyl (C=O) groups is 1. The van der Waals surface area contributed by atoms with E-state index in [0.29, 0.717) is 16.9 Å². The molecule has 0 bridgehead atoms. The van der Waals surface area contributed by atoms with Gasteiger partial charge in [-0.15, -0.1) is 0 Å². The van der Waals surface area contributed by atoms with Crippen LogP contribution in [0.3, 0.4) is 0 Å². The average Bonchev–Trinajstić information content (AvgIpc) is 2.73. The van der Waals surface area contributed by atoms with Gasteiger partial charge in [-0.25, -0.2) is 0 Å². The van der Waals surface area contributed by atoms with E-state index in [4.69, 9.17) is 4.74 Å². The maximum atomic E-state index is 13.1. The summed E-state index contributed by atoms with van der Waals surface area (Å²) in [6, 6.07) is 29.5. The van der Waals surface area contributed by atoms with Gasteiger partial charge in [0.2, 0.25) is 0 Å². The summed E-state index contributed by atoms with van der Waals surface area (Å²) in [5.74, 6) is 0.688. The minimum Gasteiger partial charge on any atom is -0.497 e. The standard InChI is InChI=1S/C24H18O2/c1-26-21-15-20-9-5-6-10-22(20)23(16-21)24(25)19-13-11-18(12-14-19)17-7-3-2-4-8-17/h2-16H,1H3. The molecular formula is C24H18O2. The molecule has 0 N–H and O–H groups in total. The van der Waals surface area contributed by atoms with E-state index in [1.165, 1.54) is 0 Å². The number of hydrogen-bond acceptors (Lipinski definition) is 2. The first-order valence-electron chi connectivity index (χ1n) is 8.53. The van der Waals surface area contributed by atoms with Crippen LogP contribution < -0.4 is 4.74 Å². The van der Waals surface area contributed by atoms with Crippen LogP contribution in [0.4, 0.5) is 0 Å². The molecule has 0 aliphatic heterocycles. The summed E-state index contributed by atoms with van der Waals surface area (Å²) < 4.78 is 5.37. The fourth-order valence-electron chi connectivity index (χ4n) is 3.19. The third-order valence-corrected chi connectivity index (χ3v) is 4.57. The molecule has 0 unspecified atom stereocenters. The second-order valence-electron chi connectivity index (χ2n) is 6.17. The number of methoxy groups -OCH3 is 1. The molecule has 0 heterocycles. The molecular weight excluding hydrogens is 320 g/mol. The Morgan fingerprint density at radius 1 is 0.731 bits per heavy atom. The lowest BCUT2D eigenvalue weighted by atomic mass is 9.95. The molecule has 2 heteroatoms. The van der Waals surface area contributed by atoms with Gasteiger partial charge < -0.3 is 4.74 Å². The van der Waals surface area contributed by atoms with Crippen LogP contribution in [0.15, 0.2) is 91.0 Å². The maximum Gasteiger partial charge on any atom is 0.193 e. The predicted molar refractivity (Wildman–Crippen MR) is 106 cm³/mol. The van der Waals surface area contributed by atoms with E-state index in [-0.39, 0.29) is 5.78 Å². The molecule has 26 heavy (non-hydrogen) atoms. The first-order chi connectivity index (χ1) is 12.8. The van der Waals surface area contributed by atoms with Crippen molar-refractivity contribution >= 4 is 16.6 Å². The van der Waals surface area contributed by atoms with Gasteiger partial charge in [-0.2, -0.15) is 0 Å². The average molecular weight is 338 g/mol. The molecule has 4 aromatic rings. The van der Waals surface area contributed by atoms with Crippen molar-refractivity contribution in [3.05, 3.63) is 102 Å². The summed E-state index contributed by atoms with van der Waals surface area (Å²) in [5.41, 5.74) is 3.56. The van der Waals surface area contributed by atoms with Gasteiger partial charge in [-0.3, -0.25) is 4.79 Å². The summed E-state index contributed by atoms with van der Waals surface area (Å²) in [4.78, 5) is 13.1. The number of rotatable bonds is 4. The molecule has 0 atom stereocenters. The Morgan fingerprint density at radius 3 is 2.12 bits per heavy atom. The van der Waals surface area contributed by atoms with E-state index in [9.17, 15) is 4.79 Å². The van der Waals surface area contributed by atoms with Crippen molar-refractivity contribution in [3.8, 4) is 16.9 Å².